The molecule has 0 bridgehead atoms. The molecule has 1 aliphatic heterocycles. The molecule has 0 aromatic heterocycles. The summed E-state index contributed by atoms with van der Waals surface area (Å²) in [5.74, 6) is -0.973. The van der Waals surface area contributed by atoms with Crippen LogP contribution in [-0.2, 0) is 14.3 Å². The molecule has 0 saturated heterocycles. The Hall–Kier alpha value is -3.41. The molecule has 28 heavy (non-hydrogen) atoms. The maximum absolute atomic E-state index is 12.3. The number of rotatable bonds is 5. The van der Waals surface area contributed by atoms with Crippen LogP contribution < -0.4 is 5.32 Å². The highest BCUT2D eigenvalue weighted by Gasteiger charge is 2.19. The number of benzene rings is 2. The molecule has 1 N–H and O–H groups in total. The Labute approximate surface area is 163 Å². The zero-order valence-electron chi connectivity index (χ0n) is 15.7. The summed E-state index contributed by atoms with van der Waals surface area (Å²) in [5, 5.41) is 2.62. The van der Waals surface area contributed by atoms with Crippen LogP contribution in [0.25, 0.3) is 5.57 Å². The number of anilines is 1. The molecule has 0 radical (unpaired) electrons. The third-order valence-corrected chi connectivity index (χ3v) is 4.47. The van der Waals surface area contributed by atoms with Crippen LogP contribution in [0.5, 0.6) is 0 Å². The van der Waals surface area contributed by atoms with Crippen LogP contribution in [0.3, 0.4) is 0 Å². The summed E-state index contributed by atoms with van der Waals surface area (Å²) in [4.78, 5) is 37.1. The van der Waals surface area contributed by atoms with Gasteiger partial charge in [-0.05, 0) is 41.8 Å². The van der Waals surface area contributed by atoms with E-state index in [1.165, 1.54) is 18.1 Å². The first-order chi connectivity index (χ1) is 13.5. The SMILES string of the molecule is CC(=O)Nc1ccc(C(=O)OCC(=O)N2CC=C(c3ccccc3)CC2)cc1. The maximum atomic E-state index is 12.3. The summed E-state index contributed by atoms with van der Waals surface area (Å²) < 4.78 is 5.14. The lowest BCUT2D eigenvalue weighted by molar-refractivity contribution is -0.134. The molecule has 6 nitrogen and oxygen atoms in total. The second-order valence-corrected chi connectivity index (χ2v) is 6.52. The number of hydrogen-bond donors (Lipinski definition) is 1. The number of amides is 2. The summed E-state index contributed by atoms with van der Waals surface area (Å²) >= 11 is 0. The third-order valence-electron chi connectivity index (χ3n) is 4.47. The van der Waals surface area contributed by atoms with E-state index in [0.717, 1.165) is 6.42 Å². The number of hydrogen-bond acceptors (Lipinski definition) is 4. The van der Waals surface area contributed by atoms with E-state index in [1.54, 1.807) is 29.2 Å². The Morgan fingerprint density at radius 3 is 2.36 bits per heavy atom. The van der Waals surface area contributed by atoms with Gasteiger partial charge in [-0.3, -0.25) is 9.59 Å². The van der Waals surface area contributed by atoms with Crippen molar-refractivity contribution in [2.45, 2.75) is 13.3 Å². The predicted octanol–water partition coefficient (Wildman–Crippen LogP) is 3.12. The Morgan fingerprint density at radius 1 is 1.04 bits per heavy atom. The number of carbonyl (C=O) groups is 3. The highest BCUT2D eigenvalue weighted by Crippen LogP contribution is 2.22. The molecule has 2 aromatic carbocycles. The van der Waals surface area contributed by atoms with Crippen molar-refractivity contribution in [3.63, 3.8) is 0 Å². The van der Waals surface area contributed by atoms with Crippen molar-refractivity contribution in [1.29, 1.82) is 0 Å². The Morgan fingerprint density at radius 2 is 1.75 bits per heavy atom. The number of carbonyl (C=O) groups excluding carboxylic acids is 3. The second kappa shape index (κ2) is 8.99. The van der Waals surface area contributed by atoms with Crippen LogP contribution in [0.1, 0.15) is 29.3 Å². The third kappa shape index (κ3) is 5.07. The zero-order valence-corrected chi connectivity index (χ0v) is 15.7. The van der Waals surface area contributed by atoms with Crippen LogP contribution in [0, 0.1) is 0 Å². The number of esters is 1. The van der Waals surface area contributed by atoms with E-state index in [4.69, 9.17) is 4.74 Å². The van der Waals surface area contributed by atoms with Crippen molar-refractivity contribution >= 4 is 29.0 Å². The van der Waals surface area contributed by atoms with Gasteiger partial charge in [0.1, 0.15) is 0 Å². The van der Waals surface area contributed by atoms with Gasteiger partial charge >= 0.3 is 5.97 Å². The van der Waals surface area contributed by atoms with Crippen LogP contribution in [0.2, 0.25) is 0 Å². The minimum atomic E-state index is -0.569. The molecular weight excluding hydrogens is 356 g/mol. The summed E-state index contributed by atoms with van der Waals surface area (Å²) in [5.41, 5.74) is 3.31. The number of nitrogens with one attached hydrogen (secondary N) is 1. The van der Waals surface area contributed by atoms with Crippen molar-refractivity contribution in [1.82, 2.24) is 4.90 Å². The lowest BCUT2D eigenvalue weighted by Gasteiger charge is -2.26. The highest BCUT2D eigenvalue weighted by molar-refractivity contribution is 5.93. The first kappa shape index (κ1) is 19.4. The minimum absolute atomic E-state index is 0.188. The van der Waals surface area contributed by atoms with E-state index in [2.05, 4.69) is 17.4 Å². The van der Waals surface area contributed by atoms with Gasteiger partial charge in [-0.15, -0.1) is 0 Å². The molecule has 1 heterocycles. The van der Waals surface area contributed by atoms with E-state index in [-0.39, 0.29) is 18.4 Å². The largest absolute Gasteiger partial charge is 0.452 e. The molecule has 0 atom stereocenters. The van der Waals surface area contributed by atoms with Gasteiger partial charge in [0.25, 0.3) is 5.91 Å². The van der Waals surface area contributed by atoms with Gasteiger partial charge in [0.05, 0.1) is 5.56 Å². The fourth-order valence-corrected chi connectivity index (χ4v) is 3.00. The van der Waals surface area contributed by atoms with Gasteiger partial charge in [0.2, 0.25) is 5.91 Å². The van der Waals surface area contributed by atoms with Crippen molar-refractivity contribution in [3.8, 4) is 0 Å². The summed E-state index contributed by atoms with van der Waals surface area (Å²) in [6.45, 7) is 2.22. The van der Waals surface area contributed by atoms with Crippen LogP contribution in [0.15, 0.2) is 60.7 Å². The highest BCUT2D eigenvalue weighted by atomic mass is 16.5. The Balaban J connectivity index is 1.49. The molecule has 2 amide bonds. The lowest BCUT2D eigenvalue weighted by Crippen LogP contribution is -2.37. The van der Waals surface area contributed by atoms with Gasteiger partial charge < -0.3 is 15.0 Å². The molecule has 1 aliphatic rings. The standard InChI is InChI=1S/C22H22N2O4/c1-16(25)23-20-9-7-19(8-10-20)22(27)28-15-21(26)24-13-11-18(12-14-24)17-5-3-2-4-6-17/h2-11H,12-15H2,1H3,(H,23,25). The molecule has 3 rings (SSSR count). The molecule has 0 unspecified atom stereocenters. The zero-order chi connectivity index (χ0) is 19.9. The smallest absolute Gasteiger partial charge is 0.338 e. The quantitative estimate of drug-likeness (QED) is 0.811. The van der Waals surface area contributed by atoms with Crippen molar-refractivity contribution in [2.75, 3.05) is 25.0 Å². The molecule has 2 aromatic rings. The van der Waals surface area contributed by atoms with Crippen LogP contribution in [0.4, 0.5) is 5.69 Å². The van der Waals surface area contributed by atoms with Crippen LogP contribution in [-0.4, -0.2) is 42.4 Å². The lowest BCUT2D eigenvalue weighted by atomic mass is 10.00. The average Bonchev–Trinajstić information content (AvgIpc) is 2.72. The number of nitrogens with zero attached hydrogens (tertiary/aromatic N) is 1. The molecule has 0 spiro atoms. The van der Waals surface area contributed by atoms with E-state index < -0.39 is 5.97 Å². The first-order valence-electron chi connectivity index (χ1n) is 9.10. The van der Waals surface area contributed by atoms with Gasteiger partial charge in [-0.2, -0.15) is 0 Å². The van der Waals surface area contributed by atoms with Gasteiger partial charge in [0, 0.05) is 25.7 Å². The van der Waals surface area contributed by atoms with Crippen molar-refractivity contribution in [3.05, 3.63) is 71.8 Å². The minimum Gasteiger partial charge on any atom is -0.452 e. The Bertz CT molecular complexity index is 889. The fraction of sp³-hybridized carbons (Fsp3) is 0.227. The van der Waals surface area contributed by atoms with Gasteiger partial charge in [-0.1, -0.05) is 36.4 Å². The van der Waals surface area contributed by atoms with Crippen molar-refractivity contribution < 1.29 is 19.1 Å². The summed E-state index contributed by atoms with van der Waals surface area (Å²) in [7, 11) is 0. The maximum Gasteiger partial charge on any atom is 0.338 e. The number of ether oxygens (including phenoxy) is 1. The molecule has 0 aliphatic carbocycles. The molecule has 0 saturated carbocycles. The monoisotopic (exact) mass is 378 g/mol. The van der Waals surface area contributed by atoms with Gasteiger partial charge in [-0.25, -0.2) is 4.79 Å². The van der Waals surface area contributed by atoms with E-state index >= 15 is 0 Å². The fourth-order valence-electron chi connectivity index (χ4n) is 3.00. The van der Waals surface area contributed by atoms with Gasteiger partial charge in [0.15, 0.2) is 6.61 Å². The van der Waals surface area contributed by atoms with Crippen molar-refractivity contribution in [2.24, 2.45) is 0 Å². The van der Waals surface area contributed by atoms with E-state index in [1.807, 2.05) is 24.3 Å². The summed E-state index contributed by atoms with van der Waals surface area (Å²) in [6, 6.07) is 16.4. The normalized spacial score (nSPS) is 13.5. The average molecular weight is 378 g/mol. The van der Waals surface area contributed by atoms with Crippen LogP contribution >= 0.6 is 0 Å². The molecule has 0 fully saturated rings. The second-order valence-electron chi connectivity index (χ2n) is 6.52. The predicted molar refractivity (Wildman–Crippen MR) is 107 cm³/mol. The Kier molecular flexibility index (Phi) is 6.22. The summed E-state index contributed by atoms with van der Waals surface area (Å²) in [6.07, 6.45) is 2.81. The van der Waals surface area contributed by atoms with E-state index in [9.17, 15) is 14.4 Å². The molecule has 6 heteroatoms. The molecule has 144 valence electrons. The van der Waals surface area contributed by atoms with E-state index in [0.29, 0.717) is 24.3 Å². The first-order valence-corrected chi connectivity index (χ1v) is 9.10. The molecular formula is C22H22N2O4. The topological polar surface area (TPSA) is 75.7 Å².